The molecule has 1 N–H and O–H groups in total. The van der Waals surface area contributed by atoms with Crippen LogP contribution in [0.1, 0.15) is 40.7 Å². The summed E-state index contributed by atoms with van der Waals surface area (Å²) >= 11 is 6.41. The van der Waals surface area contributed by atoms with Gasteiger partial charge in [-0.25, -0.2) is 0 Å². The molecule has 0 aromatic heterocycles. The zero-order valence-electron chi connectivity index (χ0n) is 18.1. The molecule has 2 aromatic rings. The number of hydrogen-bond donors (Lipinski definition) is 1. The van der Waals surface area contributed by atoms with Crippen LogP contribution in [0.2, 0.25) is 5.02 Å². The fourth-order valence-corrected chi connectivity index (χ4v) is 4.86. The first-order valence-electron chi connectivity index (χ1n) is 11.2. The van der Waals surface area contributed by atoms with Crippen LogP contribution in [0, 0.1) is 0 Å². The van der Waals surface area contributed by atoms with Crippen LogP contribution in [-0.2, 0) is 17.6 Å². The number of halogens is 1. The van der Waals surface area contributed by atoms with Crippen LogP contribution in [0.15, 0.2) is 42.5 Å². The number of rotatable bonds is 7. The summed E-state index contributed by atoms with van der Waals surface area (Å²) in [6.07, 6.45) is 5.72. The summed E-state index contributed by atoms with van der Waals surface area (Å²) in [4.78, 5) is 14.8. The van der Waals surface area contributed by atoms with E-state index in [1.807, 2.05) is 0 Å². The van der Waals surface area contributed by atoms with E-state index in [0.717, 1.165) is 32.4 Å². The monoisotopic (exact) mass is 442 g/mol. The summed E-state index contributed by atoms with van der Waals surface area (Å²) in [6, 6.07) is 14.7. The largest absolute Gasteiger partial charge is 0.489 e. The molecule has 2 aliphatic rings. The quantitative estimate of drug-likeness (QED) is 0.655. The molecule has 0 spiro atoms. The zero-order chi connectivity index (χ0) is 21.6. The number of carbonyl (C=O) groups is 1. The maximum atomic E-state index is 12.2. The summed E-state index contributed by atoms with van der Waals surface area (Å²) in [5.41, 5.74) is 3.55. The average molecular weight is 443 g/mol. The van der Waals surface area contributed by atoms with Crippen molar-refractivity contribution in [3.63, 3.8) is 0 Å². The number of amides is 1. The molecule has 166 valence electrons. The van der Waals surface area contributed by atoms with E-state index in [2.05, 4.69) is 34.5 Å². The molecule has 1 unspecified atom stereocenters. The van der Waals surface area contributed by atoms with Crippen molar-refractivity contribution in [3.8, 4) is 5.75 Å². The molecule has 1 aliphatic heterocycles. The van der Waals surface area contributed by atoms with E-state index >= 15 is 0 Å². The lowest BCUT2D eigenvalue weighted by atomic mass is 9.86. The Morgan fingerprint density at radius 3 is 2.65 bits per heavy atom. The maximum absolute atomic E-state index is 12.2. The van der Waals surface area contributed by atoms with Gasteiger partial charge in [0.25, 0.3) is 5.91 Å². The van der Waals surface area contributed by atoms with Crippen molar-refractivity contribution in [2.75, 3.05) is 33.4 Å². The molecule has 1 saturated heterocycles. The van der Waals surface area contributed by atoms with Gasteiger partial charge in [0.15, 0.2) is 0 Å². The van der Waals surface area contributed by atoms with Crippen LogP contribution in [-0.4, -0.2) is 56.3 Å². The van der Waals surface area contributed by atoms with E-state index in [1.54, 1.807) is 25.3 Å². The molecule has 1 fully saturated rings. The molecule has 2 aromatic carbocycles. The lowest BCUT2D eigenvalue weighted by Crippen LogP contribution is -2.46. The number of aryl methyl sites for hydroxylation is 1. The number of nitrogens with one attached hydrogen (secondary N) is 1. The number of methoxy groups -OCH3 is 1. The number of fused-ring (bicyclic) bond motifs is 1. The van der Waals surface area contributed by atoms with Crippen molar-refractivity contribution < 1.29 is 14.3 Å². The van der Waals surface area contributed by atoms with E-state index in [4.69, 9.17) is 21.1 Å². The molecule has 1 atom stereocenters. The fourth-order valence-electron chi connectivity index (χ4n) is 4.63. The van der Waals surface area contributed by atoms with Crippen molar-refractivity contribution >= 4 is 17.5 Å². The van der Waals surface area contributed by atoms with Gasteiger partial charge in [-0.3, -0.25) is 9.69 Å². The predicted octanol–water partition coefficient (Wildman–Crippen LogP) is 4.12. The van der Waals surface area contributed by atoms with Gasteiger partial charge in [0.05, 0.1) is 11.6 Å². The summed E-state index contributed by atoms with van der Waals surface area (Å²) in [5, 5.41) is 3.28. The number of ether oxygens (including phenoxy) is 2. The minimum Gasteiger partial charge on any atom is -0.489 e. The number of likely N-dealkylation sites (tertiary alicyclic amines) is 1. The van der Waals surface area contributed by atoms with Gasteiger partial charge in [-0.1, -0.05) is 35.9 Å². The van der Waals surface area contributed by atoms with Crippen molar-refractivity contribution in [3.05, 3.63) is 64.2 Å². The lowest BCUT2D eigenvalue weighted by Gasteiger charge is -2.39. The van der Waals surface area contributed by atoms with E-state index in [0.29, 0.717) is 35.5 Å². The zero-order valence-corrected chi connectivity index (χ0v) is 18.9. The summed E-state index contributed by atoms with van der Waals surface area (Å²) < 4.78 is 11.2. The van der Waals surface area contributed by atoms with Crippen molar-refractivity contribution in [1.82, 2.24) is 10.2 Å². The van der Waals surface area contributed by atoms with E-state index in [-0.39, 0.29) is 12.0 Å². The van der Waals surface area contributed by atoms with Gasteiger partial charge in [0.1, 0.15) is 11.9 Å². The summed E-state index contributed by atoms with van der Waals surface area (Å²) in [5.74, 6) is 0.494. The first-order valence-corrected chi connectivity index (χ1v) is 11.6. The molecule has 0 bridgehead atoms. The molecule has 5 nitrogen and oxygen atoms in total. The van der Waals surface area contributed by atoms with Crippen molar-refractivity contribution in [2.24, 2.45) is 0 Å². The number of piperidine rings is 1. The molecule has 1 heterocycles. The Labute approximate surface area is 189 Å². The van der Waals surface area contributed by atoms with Gasteiger partial charge in [-0.05, 0) is 61.4 Å². The van der Waals surface area contributed by atoms with Gasteiger partial charge in [-0.15, -0.1) is 0 Å². The van der Waals surface area contributed by atoms with Crippen LogP contribution in [0.4, 0.5) is 0 Å². The Morgan fingerprint density at radius 1 is 1.13 bits per heavy atom. The van der Waals surface area contributed by atoms with Crippen LogP contribution < -0.4 is 10.1 Å². The SMILES string of the molecule is COCCNC(=O)c1ccc(OC2CCN(C3CCc4ccccc4C3)CC2)c(Cl)c1. The van der Waals surface area contributed by atoms with Gasteiger partial charge in [-0.2, -0.15) is 0 Å². The fraction of sp³-hybridized carbons (Fsp3) is 0.480. The number of nitrogens with zero attached hydrogens (tertiary/aromatic N) is 1. The third-order valence-electron chi connectivity index (χ3n) is 6.39. The minimum atomic E-state index is -0.159. The van der Waals surface area contributed by atoms with E-state index in [9.17, 15) is 4.79 Å². The van der Waals surface area contributed by atoms with Gasteiger partial charge in [0.2, 0.25) is 0 Å². The Hall–Kier alpha value is -2.08. The summed E-state index contributed by atoms with van der Waals surface area (Å²) in [6.45, 7) is 3.05. The van der Waals surface area contributed by atoms with Crippen molar-refractivity contribution in [1.29, 1.82) is 0 Å². The molecule has 31 heavy (non-hydrogen) atoms. The third kappa shape index (κ3) is 5.59. The highest BCUT2D eigenvalue weighted by Gasteiger charge is 2.29. The Kier molecular flexibility index (Phi) is 7.49. The van der Waals surface area contributed by atoms with Gasteiger partial charge < -0.3 is 14.8 Å². The number of benzene rings is 2. The predicted molar refractivity (Wildman–Crippen MR) is 123 cm³/mol. The normalized spacial score (nSPS) is 19.6. The third-order valence-corrected chi connectivity index (χ3v) is 6.69. The number of hydrogen-bond acceptors (Lipinski definition) is 4. The van der Waals surface area contributed by atoms with Gasteiger partial charge in [0, 0.05) is 38.3 Å². The highest BCUT2D eigenvalue weighted by molar-refractivity contribution is 6.32. The molecule has 4 rings (SSSR count). The molecule has 0 saturated carbocycles. The highest BCUT2D eigenvalue weighted by atomic mass is 35.5. The smallest absolute Gasteiger partial charge is 0.251 e. The Morgan fingerprint density at radius 2 is 1.90 bits per heavy atom. The highest BCUT2D eigenvalue weighted by Crippen LogP contribution is 2.30. The topological polar surface area (TPSA) is 50.8 Å². The Balaban J connectivity index is 1.28. The second-order valence-corrected chi connectivity index (χ2v) is 8.82. The second-order valence-electron chi connectivity index (χ2n) is 8.41. The van der Waals surface area contributed by atoms with Crippen LogP contribution in [0.25, 0.3) is 0 Å². The van der Waals surface area contributed by atoms with Gasteiger partial charge >= 0.3 is 0 Å². The first-order chi connectivity index (χ1) is 15.1. The molecular weight excluding hydrogens is 412 g/mol. The maximum Gasteiger partial charge on any atom is 0.251 e. The van der Waals surface area contributed by atoms with E-state index < -0.39 is 0 Å². The minimum absolute atomic E-state index is 0.158. The van der Waals surface area contributed by atoms with Crippen LogP contribution in [0.3, 0.4) is 0 Å². The van der Waals surface area contributed by atoms with Crippen LogP contribution >= 0.6 is 11.6 Å². The first kappa shape index (κ1) is 22.1. The molecule has 0 radical (unpaired) electrons. The molecule has 1 aliphatic carbocycles. The second kappa shape index (κ2) is 10.5. The summed E-state index contributed by atoms with van der Waals surface area (Å²) in [7, 11) is 1.60. The van der Waals surface area contributed by atoms with E-state index in [1.165, 1.54) is 24.0 Å². The lowest BCUT2D eigenvalue weighted by molar-refractivity contribution is 0.0708. The number of carbonyl (C=O) groups excluding carboxylic acids is 1. The molecule has 1 amide bonds. The van der Waals surface area contributed by atoms with Crippen LogP contribution in [0.5, 0.6) is 5.75 Å². The Bertz CT molecular complexity index is 896. The molecular formula is C25H31ClN2O3. The molecule has 6 heteroatoms. The van der Waals surface area contributed by atoms with Crippen molar-refractivity contribution in [2.45, 2.75) is 44.2 Å². The average Bonchev–Trinajstić information content (AvgIpc) is 2.80. The standard InChI is InChI=1S/C25H31ClN2O3/c1-30-15-12-27-25(29)20-7-9-24(23(26)17-20)31-22-10-13-28(14-11-22)21-8-6-18-4-2-3-5-19(18)16-21/h2-5,7,9,17,21-22H,6,8,10-16H2,1H3,(H,27,29).